The molecule has 4 N–H and O–H groups in total. The van der Waals surface area contributed by atoms with Gasteiger partial charge in [0.15, 0.2) is 12.1 Å². The first-order valence-corrected chi connectivity index (χ1v) is 24.6. The third-order valence-electron chi connectivity index (χ3n) is 14.7. The van der Waals surface area contributed by atoms with Crippen molar-refractivity contribution in [1.29, 1.82) is 0 Å². The van der Waals surface area contributed by atoms with E-state index in [1.165, 1.54) is 57.6 Å². The van der Waals surface area contributed by atoms with Crippen molar-refractivity contribution >= 4 is 47.8 Å². The van der Waals surface area contributed by atoms with Crippen LogP contribution in [-0.2, 0) is 31.9 Å². The molecule has 1 fully saturated rings. The number of hydrogen-bond donors (Lipinski definition) is 4. The molecule has 10 heteroatoms. The first kappa shape index (κ1) is 49.3. The van der Waals surface area contributed by atoms with Crippen molar-refractivity contribution in [3.05, 3.63) is 89.9 Å². The summed E-state index contributed by atoms with van der Waals surface area (Å²) < 4.78 is 11.1. The minimum absolute atomic E-state index is 0.109. The van der Waals surface area contributed by atoms with E-state index in [-0.39, 0.29) is 36.6 Å². The molecule has 1 aliphatic carbocycles. The van der Waals surface area contributed by atoms with E-state index in [0.717, 1.165) is 82.2 Å². The number of fused-ring (bicyclic) bond motifs is 7. The van der Waals surface area contributed by atoms with Gasteiger partial charge in [-0.15, -0.1) is 0 Å². The third kappa shape index (κ3) is 11.0. The highest BCUT2D eigenvalue weighted by Gasteiger charge is 2.48. The van der Waals surface area contributed by atoms with Crippen molar-refractivity contribution in [2.45, 2.75) is 153 Å². The number of methoxy groups -OCH3 is 1. The van der Waals surface area contributed by atoms with Gasteiger partial charge in [-0.3, -0.25) is 19.2 Å². The van der Waals surface area contributed by atoms with Crippen molar-refractivity contribution < 1.29 is 28.7 Å². The number of ketones is 1. The molecule has 5 atom stereocenters. The Morgan fingerprint density at radius 1 is 0.800 bits per heavy atom. The molecule has 1 saturated heterocycles. The lowest BCUT2D eigenvalue weighted by Crippen LogP contribution is -2.25. The summed E-state index contributed by atoms with van der Waals surface area (Å²) in [6.07, 6.45) is 22.3. The highest BCUT2D eigenvalue weighted by molar-refractivity contribution is 6.24. The summed E-state index contributed by atoms with van der Waals surface area (Å²) in [5.74, 6) is -0.445. The average Bonchev–Trinajstić information content (AvgIpc) is 4.02. The predicted octanol–water partition coefficient (Wildman–Crippen LogP) is 10.5. The molecular formula is C55H76N4O6. The van der Waals surface area contributed by atoms with Crippen molar-refractivity contribution in [3.8, 4) is 0 Å². The zero-order chi connectivity index (χ0) is 47.1. The van der Waals surface area contributed by atoms with E-state index in [2.05, 4.69) is 81.7 Å². The van der Waals surface area contributed by atoms with Gasteiger partial charge in [0.05, 0.1) is 18.2 Å². The van der Waals surface area contributed by atoms with Gasteiger partial charge in [-0.2, -0.15) is 0 Å². The maximum Gasteiger partial charge on any atom is 0.321 e. The van der Waals surface area contributed by atoms with Crippen molar-refractivity contribution in [3.63, 3.8) is 0 Å². The van der Waals surface area contributed by atoms with Crippen LogP contribution in [0, 0.1) is 49.4 Å². The number of aromatic nitrogens is 3. The number of carbonyl (C=O) groups is 4. The molecule has 3 aromatic heterocycles. The second kappa shape index (κ2) is 21.9. The fraction of sp³-hybridized carbons (Fsp3) is 0.564. The fourth-order valence-electron chi connectivity index (χ4n) is 10.6. The molecule has 2 aliphatic heterocycles. The first-order chi connectivity index (χ1) is 31.1. The maximum atomic E-state index is 14.4. The van der Waals surface area contributed by atoms with Crippen LogP contribution in [0.1, 0.15) is 192 Å². The number of ether oxygens (including phenoxy) is 2. The zero-order valence-corrected chi connectivity index (χ0v) is 41.2. The highest BCUT2D eigenvalue weighted by Crippen LogP contribution is 2.48. The molecule has 0 amide bonds. The molecule has 352 valence electrons. The van der Waals surface area contributed by atoms with Crippen LogP contribution in [-0.4, -0.2) is 52.7 Å². The molecule has 0 radical (unpaired) electrons. The lowest BCUT2D eigenvalue weighted by atomic mass is 9.85. The number of H-pyrrole nitrogens is 3. The van der Waals surface area contributed by atoms with Crippen LogP contribution in [0.4, 0.5) is 0 Å². The summed E-state index contributed by atoms with van der Waals surface area (Å²) in [5.41, 5.74) is 11.4. The van der Waals surface area contributed by atoms with Crippen LogP contribution in [0.15, 0.2) is 23.0 Å². The summed E-state index contributed by atoms with van der Waals surface area (Å²) in [7, 11) is 1.31. The van der Waals surface area contributed by atoms with Crippen LogP contribution < -0.4 is 16.0 Å². The Labute approximate surface area is 387 Å². The molecule has 10 nitrogen and oxygen atoms in total. The number of Topliss-reactive ketones (excluding diaryl/α,β-unsaturated/α-hetero) is 1. The largest absolute Gasteiger partial charge is 0.468 e. The van der Waals surface area contributed by atoms with Gasteiger partial charge in [-0.05, 0) is 117 Å². The standard InChI is InChI=1S/C55H76N4O6/c1-12-38-35(8)42-27-43-36(9)40(23-24-48(61)65-26-25-34(7)22-16-21-33(6)20-15-19-32(5)18-14-17-31(3)4)52(58-43)50-51(55(63)64-11)54(62)49-37(10)44(59-53(49)50)28-46-39(13-2)41(30-60)47(57-46)29-45(38)56-42/h25,27-33,36,40,51,56-59H,12-24,26H2,1-11H3/b34-25+,43-27-,46-28-,47-29-,52-50-/t32-,33-,36+,40+,51-/m1/s1. The minimum atomic E-state index is -1.18. The molecule has 0 aromatic carbocycles. The Kier molecular flexibility index (Phi) is 16.6. The molecule has 0 unspecified atom stereocenters. The predicted molar refractivity (Wildman–Crippen MR) is 262 cm³/mol. The minimum Gasteiger partial charge on any atom is -0.468 e. The molecule has 0 saturated carbocycles. The average molecular weight is 889 g/mol. The van der Waals surface area contributed by atoms with Gasteiger partial charge in [0.2, 0.25) is 0 Å². The molecule has 65 heavy (non-hydrogen) atoms. The first-order valence-electron chi connectivity index (χ1n) is 24.6. The van der Waals surface area contributed by atoms with Gasteiger partial charge in [0, 0.05) is 68.8 Å². The van der Waals surface area contributed by atoms with Crippen molar-refractivity contribution in [2.75, 3.05) is 13.7 Å². The number of hydrogen-bond acceptors (Lipinski definition) is 7. The third-order valence-corrected chi connectivity index (χ3v) is 14.7. The van der Waals surface area contributed by atoms with Crippen LogP contribution in [0.2, 0.25) is 0 Å². The van der Waals surface area contributed by atoms with Crippen LogP contribution >= 0.6 is 0 Å². The fourth-order valence-corrected chi connectivity index (χ4v) is 10.6. The second-order valence-electron chi connectivity index (χ2n) is 19.8. The maximum absolute atomic E-state index is 14.4. The number of aromatic amines is 3. The van der Waals surface area contributed by atoms with Gasteiger partial charge in [0.1, 0.15) is 12.5 Å². The Balaban J connectivity index is 1.23. The normalized spacial score (nSPS) is 21.8. The van der Waals surface area contributed by atoms with Gasteiger partial charge in [-0.1, -0.05) is 99.0 Å². The molecule has 3 aromatic rings. The van der Waals surface area contributed by atoms with E-state index < -0.39 is 11.9 Å². The summed E-state index contributed by atoms with van der Waals surface area (Å²) in [6, 6.07) is 0. The zero-order valence-electron chi connectivity index (χ0n) is 41.2. The summed E-state index contributed by atoms with van der Waals surface area (Å²) in [5, 5.41) is 5.18. The Morgan fingerprint density at radius 3 is 2.09 bits per heavy atom. The lowest BCUT2D eigenvalue weighted by molar-refractivity contribution is -0.143. The molecule has 0 spiro atoms. The summed E-state index contributed by atoms with van der Waals surface area (Å²) in [6.45, 7) is 22.0. The monoisotopic (exact) mass is 889 g/mol. The van der Waals surface area contributed by atoms with Gasteiger partial charge < -0.3 is 29.7 Å². The lowest BCUT2D eigenvalue weighted by Gasteiger charge is -2.19. The van der Waals surface area contributed by atoms with Crippen LogP contribution in [0.5, 0.6) is 0 Å². The van der Waals surface area contributed by atoms with E-state index >= 15 is 0 Å². The number of carbonyl (C=O) groups excluding carboxylic acids is 4. The van der Waals surface area contributed by atoms with Crippen LogP contribution in [0.25, 0.3) is 23.8 Å². The molecule has 6 rings (SSSR count). The van der Waals surface area contributed by atoms with E-state index in [1.54, 1.807) is 0 Å². The van der Waals surface area contributed by atoms with Crippen molar-refractivity contribution in [1.82, 2.24) is 20.3 Å². The van der Waals surface area contributed by atoms with E-state index in [0.29, 0.717) is 57.8 Å². The Hall–Kier alpha value is -5.12. The van der Waals surface area contributed by atoms with E-state index in [4.69, 9.17) is 9.47 Å². The number of nitrogens with one attached hydrogen (secondary N) is 4. The topological polar surface area (TPSA) is 146 Å². The molecular weight excluding hydrogens is 813 g/mol. The highest BCUT2D eigenvalue weighted by atomic mass is 16.5. The quantitative estimate of drug-likeness (QED) is 0.0360. The SMILES string of the molecule is CCc1c2[nH]c(c1C)/C=C1\N/C(=C3\c4[nH]c(c(C)c4C(=O)[C@@H]3C(=O)OC)/C=c3\[nH]/c(c(C=O)c3CC)=C\2)[C@@H](CCC(=O)OC/C=C(\C)CCC[C@H](C)CCC[C@H](C)CCCC(C)C)[C@@H]1C. The number of aldehydes is 1. The smallest absolute Gasteiger partial charge is 0.321 e. The number of rotatable bonds is 21. The Morgan fingerprint density at radius 2 is 1.45 bits per heavy atom. The number of allylic oxidation sites excluding steroid dienone is 3. The van der Waals surface area contributed by atoms with Crippen molar-refractivity contribution in [2.24, 2.45) is 35.5 Å². The number of esters is 2. The Bertz CT molecular complexity index is 2470. The van der Waals surface area contributed by atoms with E-state index in [1.807, 2.05) is 32.1 Å². The van der Waals surface area contributed by atoms with Gasteiger partial charge in [-0.25, -0.2) is 0 Å². The molecule has 8 bridgehead atoms. The van der Waals surface area contributed by atoms with E-state index in [9.17, 15) is 19.2 Å². The molecule has 3 aliphatic rings. The molecule has 5 heterocycles. The van der Waals surface area contributed by atoms with Gasteiger partial charge in [0.25, 0.3) is 0 Å². The summed E-state index contributed by atoms with van der Waals surface area (Å²) in [4.78, 5) is 64.8. The summed E-state index contributed by atoms with van der Waals surface area (Å²) >= 11 is 0. The van der Waals surface area contributed by atoms with Crippen LogP contribution in [0.3, 0.4) is 0 Å². The second-order valence-corrected chi connectivity index (χ2v) is 19.8. The van der Waals surface area contributed by atoms with Gasteiger partial charge >= 0.3 is 11.9 Å².